The van der Waals surface area contributed by atoms with Gasteiger partial charge in [-0.1, -0.05) is 61.5 Å². The van der Waals surface area contributed by atoms with Gasteiger partial charge in [0.1, 0.15) is 0 Å². The summed E-state index contributed by atoms with van der Waals surface area (Å²) in [6.45, 7) is 5.79. The van der Waals surface area contributed by atoms with Crippen LogP contribution in [-0.4, -0.2) is 16.9 Å². The van der Waals surface area contributed by atoms with Crippen molar-refractivity contribution in [3.8, 4) is 0 Å². The highest BCUT2D eigenvalue weighted by Gasteiger charge is 2.21. The molecule has 1 atom stereocenters. The van der Waals surface area contributed by atoms with Gasteiger partial charge < -0.3 is 4.84 Å². The van der Waals surface area contributed by atoms with E-state index in [1.807, 2.05) is 43.3 Å². The molecule has 4 heteroatoms. The summed E-state index contributed by atoms with van der Waals surface area (Å²) in [6, 6.07) is 18.0. The molecule has 2 aromatic rings. The van der Waals surface area contributed by atoms with Crippen LogP contribution in [0.15, 0.2) is 73.3 Å². The van der Waals surface area contributed by atoms with Crippen LogP contribution in [0.25, 0.3) is 0 Å². The third kappa shape index (κ3) is 5.09. The number of nitrogens with zero attached hydrogens (tertiary/aromatic N) is 1. The summed E-state index contributed by atoms with van der Waals surface area (Å²) in [7, 11) is 0. The molecule has 124 valence electrons. The molecule has 0 N–H and O–H groups in total. The predicted molar refractivity (Wildman–Crippen MR) is 92.8 cm³/mol. The summed E-state index contributed by atoms with van der Waals surface area (Å²) in [6.07, 6.45) is 1.94. The average molecular weight is 323 g/mol. The maximum Gasteiger partial charge on any atom is 0.363 e. The Morgan fingerprint density at radius 1 is 1.08 bits per heavy atom. The van der Waals surface area contributed by atoms with Crippen molar-refractivity contribution < 1.29 is 14.4 Å². The van der Waals surface area contributed by atoms with Gasteiger partial charge in [-0.15, -0.1) is 6.58 Å². The first kappa shape index (κ1) is 17.5. The minimum atomic E-state index is -0.550. The van der Waals surface area contributed by atoms with Gasteiger partial charge >= 0.3 is 5.97 Å². The van der Waals surface area contributed by atoms with Gasteiger partial charge in [-0.3, -0.25) is 4.79 Å². The second-order valence-electron chi connectivity index (χ2n) is 5.58. The Hall–Kier alpha value is -2.88. The monoisotopic (exact) mass is 323 g/mol. The van der Waals surface area contributed by atoms with E-state index in [0.29, 0.717) is 5.56 Å². The molecule has 0 fully saturated rings. The summed E-state index contributed by atoms with van der Waals surface area (Å²) in [5.74, 6) is -0.798. The first-order valence-corrected chi connectivity index (χ1v) is 7.84. The van der Waals surface area contributed by atoms with Crippen molar-refractivity contribution in [2.45, 2.75) is 19.9 Å². The van der Waals surface area contributed by atoms with E-state index in [-0.39, 0.29) is 24.8 Å². The zero-order valence-electron chi connectivity index (χ0n) is 13.7. The van der Waals surface area contributed by atoms with Gasteiger partial charge in [0.05, 0.1) is 12.1 Å². The van der Waals surface area contributed by atoms with Crippen LogP contribution in [0.2, 0.25) is 0 Å². The molecule has 0 aliphatic heterocycles. The molecule has 0 aliphatic carbocycles. The van der Waals surface area contributed by atoms with Crippen molar-refractivity contribution in [2.24, 2.45) is 5.92 Å². The molecule has 2 aromatic carbocycles. The summed E-state index contributed by atoms with van der Waals surface area (Å²) in [4.78, 5) is 30.1. The molecule has 2 rings (SSSR count). The third-order valence-electron chi connectivity index (χ3n) is 3.55. The third-order valence-corrected chi connectivity index (χ3v) is 3.55. The Morgan fingerprint density at radius 2 is 1.67 bits per heavy atom. The Bertz CT molecular complexity index is 683. The van der Waals surface area contributed by atoms with E-state index in [2.05, 4.69) is 6.58 Å². The Labute approximate surface area is 142 Å². The van der Waals surface area contributed by atoms with E-state index < -0.39 is 5.97 Å². The molecule has 0 aromatic heterocycles. The SMILES string of the molecule is C=CC(C)CC(=O)N(Cc1ccccc1)OC(=O)c1ccccc1. The number of hydrogen-bond acceptors (Lipinski definition) is 3. The fraction of sp³-hybridized carbons (Fsp3) is 0.200. The van der Waals surface area contributed by atoms with Gasteiger partial charge in [0, 0.05) is 6.42 Å². The molecule has 1 unspecified atom stereocenters. The van der Waals surface area contributed by atoms with E-state index in [1.54, 1.807) is 30.3 Å². The standard InChI is InChI=1S/C20H21NO3/c1-3-16(2)14-19(22)21(15-17-10-6-4-7-11-17)24-20(23)18-12-8-5-9-13-18/h3-13,16H,1,14-15H2,2H3. The molecule has 0 aliphatic rings. The highest BCUT2D eigenvalue weighted by molar-refractivity contribution is 5.90. The first-order chi connectivity index (χ1) is 11.6. The molecule has 0 spiro atoms. The highest BCUT2D eigenvalue weighted by Crippen LogP contribution is 2.13. The van der Waals surface area contributed by atoms with E-state index in [1.165, 1.54) is 0 Å². The van der Waals surface area contributed by atoms with E-state index in [9.17, 15) is 9.59 Å². The molecular weight excluding hydrogens is 302 g/mol. The molecule has 4 nitrogen and oxygen atoms in total. The van der Waals surface area contributed by atoms with Crippen molar-refractivity contribution in [3.05, 3.63) is 84.4 Å². The number of allylic oxidation sites excluding steroid dienone is 1. The summed E-state index contributed by atoms with van der Waals surface area (Å²) in [5, 5.41) is 1.13. The second kappa shape index (κ2) is 8.67. The lowest BCUT2D eigenvalue weighted by Crippen LogP contribution is -2.34. The van der Waals surface area contributed by atoms with Gasteiger partial charge in [0.25, 0.3) is 5.91 Å². The number of hydroxylamine groups is 2. The van der Waals surface area contributed by atoms with Crippen LogP contribution in [0.1, 0.15) is 29.3 Å². The number of benzene rings is 2. The quantitative estimate of drug-likeness (QED) is 0.596. The Morgan fingerprint density at radius 3 is 2.25 bits per heavy atom. The van der Waals surface area contributed by atoms with E-state index in [0.717, 1.165) is 10.6 Å². The molecule has 0 heterocycles. The van der Waals surface area contributed by atoms with Crippen LogP contribution in [0.3, 0.4) is 0 Å². The van der Waals surface area contributed by atoms with E-state index >= 15 is 0 Å². The van der Waals surface area contributed by atoms with E-state index in [4.69, 9.17) is 4.84 Å². The van der Waals surface area contributed by atoms with Crippen LogP contribution >= 0.6 is 0 Å². The molecule has 0 saturated heterocycles. The van der Waals surface area contributed by atoms with Crippen LogP contribution in [0, 0.1) is 5.92 Å². The van der Waals surface area contributed by atoms with Crippen LogP contribution in [0.4, 0.5) is 0 Å². The largest absolute Gasteiger partial charge is 0.363 e. The van der Waals surface area contributed by atoms with Crippen LogP contribution in [-0.2, 0) is 16.2 Å². The highest BCUT2D eigenvalue weighted by atomic mass is 16.7. The van der Waals surface area contributed by atoms with Crippen molar-refractivity contribution in [1.29, 1.82) is 0 Å². The van der Waals surface area contributed by atoms with Crippen molar-refractivity contribution in [1.82, 2.24) is 5.06 Å². The smallest absolute Gasteiger partial charge is 0.332 e. The zero-order valence-corrected chi connectivity index (χ0v) is 13.7. The van der Waals surface area contributed by atoms with Crippen LogP contribution < -0.4 is 0 Å². The molecule has 1 amide bonds. The molecule has 24 heavy (non-hydrogen) atoms. The normalized spacial score (nSPS) is 11.4. The lowest BCUT2D eigenvalue weighted by Gasteiger charge is -2.22. The first-order valence-electron chi connectivity index (χ1n) is 7.84. The maximum absolute atomic E-state index is 12.5. The lowest BCUT2D eigenvalue weighted by atomic mass is 10.1. The fourth-order valence-electron chi connectivity index (χ4n) is 2.11. The molecule has 0 bridgehead atoms. The van der Waals surface area contributed by atoms with Crippen molar-refractivity contribution >= 4 is 11.9 Å². The second-order valence-corrected chi connectivity index (χ2v) is 5.58. The number of carbonyl (C=O) groups excluding carboxylic acids is 2. The number of rotatable bonds is 6. The van der Waals surface area contributed by atoms with Gasteiger partial charge in [-0.2, -0.15) is 5.06 Å². The Kier molecular flexibility index (Phi) is 6.32. The maximum atomic E-state index is 12.5. The topological polar surface area (TPSA) is 46.6 Å². The van der Waals surface area contributed by atoms with Gasteiger partial charge in [0.2, 0.25) is 0 Å². The lowest BCUT2D eigenvalue weighted by molar-refractivity contribution is -0.170. The van der Waals surface area contributed by atoms with Crippen molar-refractivity contribution in [2.75, 3.05) is 0 Å². The van der Waals surface area contributed by atoms with Crippen LogP contribution in [0.5, 0.6) is 0 Å². The van der Waals surface area contributed by atoms with Gasteiger partial charge in [-0.05, 0) is 23.6 Å². The van der Waals surface area contributed by atoms with Gasteiger partial charge in [0.15, 0.2) is 0 Å². The summed E-state index contributed by atoms with van der Waals surface area (Å²) >= 11 is 0. The van der Waals surface area contributed by atoms with Crippen molar-refractivity contribution in [3.63, 3.8) is 0 Å². The average Bonchev–Trinajstić information content (AvgIpc) is 2.62. The fourth-order valence-corrected chi connectivity index (χ4v) is 2.11. The predicted octanol–water partition coefficient (Wildman–Crippen LogP) is 4.00. The molecular formula is C20H21NO3. The minimum absolute atomic E-state index is 0.00574. The zero-order chi connectivity index (χ0) is 17.4. The Balaban J connectivity index is 2.14. The summed E-state index contributed by atoms with van der Waals surface area (Å²) in [5.41, 5.74) is 1.29. The number of amides is 1. The molecule has 0 radical (unpaired) electrons. The van der Waals surface area contributed by atoms with Gasteiger partial charge in [-0.25, -0.2) is 4.79 Å². The minimum Gasteiger partial charge on any atom is -0.332 e. The number of carbonyl (C=O) groups is 2. The number of hydrogen-bond donors (Lipinski definition) is 0. The molecule has 0 saturated carbocycles. The summed E-state index contributed by atoms with van der Waals surface area (Å²) < 4.78 is 0.